The van der Waals surface area contributed by atoms with Crippen LogP contribution in [0.15, 0.2) is 36.5 Å². The Morgan fingerprint density at radius 1 is 1.17 bits per heavy atom. The maximum Gasteiger partial charge on any atom is 0.106 e. The standard InChI is InChI=1S/C9H7NO.Al/c11-8-5-1-3-7-4-2-6-10-9(7)8;/h1-6,11H;/p-1. The average molecular weight is 171 g/mol. The summed E-state index contributed by atoms with van der Waals surface area (Å²) in [4.78, 5) is 4.21. The Kier molecular flexibility index (Phi) is 1.99. The van der Waals surface area contributed by atoms with Gasteiger partial charge in [-0.2, -0.15) is 0 Å². The summed E-state index contributed by atoms with van der Waals surface area (Å²) in [7, 11) is 0. The van der Waals surface area contributed by atoms with Crippen LogP contribution in [0.4, 0.5) is 0 Å². The molecule has 0 amide bonds. The molecule has 2 nitrogen and oxygen atoms in total. The van der Waals surface area contributed by atoms with E-state index in [2.05, 4.69) is 21.6 Å². The van der Waals surface area contributed by atoms with E-state index in [1.165, 1.54) is 0 Å². The summed E-state index contributed by atoms with van der Waals surface area (Å²) in [6.45, 7) is 0. The summed E-state index contributed by atoms with van der Waals surface area (Å²) < 4.78 is 5.08. The van der Waals surface area contributed by atoms with Crippen LogP contribution in [-0.4, -0.2) is 21.6 Å². The molecule has 2 aromatic rings. The zero-order chi connectivity index (χ0) is 8.39. The van der Waals surface area contributed by atoms with Crippen molar-refractivity contribution in [1.29, 1.82) is 0 Å². The lowest BCUT2D eigenvalue weighted by molar-refractivity contribution is 0.622. The lowest BCUT2D eigenvalue weighted by atomic mass is 10.2. The van der Waals surface area contributed by atoms with Crippen molar-refractivity contribution in [1.82, 2.24) is 4.98 Å². The first kappa shape index (κ1) is 7.60. The van der Waals surface area contributed by atoms with Crippen LogP contribution in [0.2, 0.25) is 0 Å². The number of benzene rings is 1. The van der Waals surface area contributed by atoms with Crippen molar-refractivity contribution in [3.63, 3.8) is 0 Å². The Hall–Kier alpha value is -1.04. The van der Waals surface area contributed by atoms with Crippen molar-refractivity contribution in [2.24, 2.45) is 0 Å². The first-order chi connectivity index (χ1) is 5.92. The summed E-state index contributed by atoms with van der Waals surface area (Å²) >= 11 is 2.23. The molecule has 0 unspecified atom stereocenters. The van der Waals surface area contributed by atoms with E-state index in [0.29, 0.717) is 0 Å². The van der Waals surface area contributed by atoms with E-state index in [4.69, 9.17) is 3.79 Å². The van der Waals surface area contributed by atoms with E-state index < -0.39 is 0 Å². The van der Waals surface area contributed by atoms with E-state index in [9.17, 15) is 0 Å². The molecule has 1 heterocycles. The summed E-state index contributed by atoms with van der Waals surface area (Å²) in [5.41, 5.74) is 0.898. The van der Waals surface area contributed by atoms with Gasteiger partial charge in [0.05, 0.1) is 5.75 Å². The molecule has 2 rings (SSSR count). The molecule has 1 aromatic heterocycles. The normalized spacial score (nSPS) is 10.1. The van der Waals surface area contributed by atoms with Gasteiger partial charge in [-0.25, -0.2) is 0 Å². The molecule has 0 bridgehead atoms. The van der Waals surface area contributed by atoms with Gasteiger partial charge >= 0.3 is 0 Å². The van der Waals surface area contributed by atoms with E-state index in [-0.39, 0.29) is 0 Å². The van der Waals surface area contributed by atoms with Gasteiger partial charge in [-0.1, -0.05) is 18.2 Å². The molecule has 0 aliphatic carbocycles. The van der Waals surface area contributed by atoms with Gasteiger partial charge in [-0.3, -0.25) is 21.6 Å². The highest BCUT2D eigenvalue weighted by molar-refractivity contribution is 6.01. The van der Waals surface area contributed by atoms with E-state index >= 15 is 0 Å². The van der Waals surface area contributed by atoms with Gasteiger partial charge in [0.1, 0.15) is 5.52 Å². The van der Waals surface area contributed by atoms with Gasteiger partial charge < -0.3 is 3.79 Å². The molecule has 0 atom stereocenters. The van der Waals surface area contributed by atoms with Crippen LogP contribution in [0, 0.1) is 0 Å². The van der Waals surface area contributed by atoms with Gasteiger partial charge in [0.25, 0.3) is 0 Å². The van der Waals surface area contributed by atoms with Crippen molar-refractivity contribution < 1.29 is 3.79 Å². The van der Waals surface area contributed by atoms with Gasteiger partial charge in [0.2, 0.25) is 0 Å². The second-order valence-corrected chi connectivity index (χ2v) is 2.68. The van der Waals surface area contributed by atoms with Crippen LogP contribution in [0.3, 0.4) is 0 Å². The number of aromatic nitrogens is 1. The fourth-order valence-electron chi connectivity index (χ4n) is 1.17. The Morgan fingerprint density at radius 2 is 2.00 bits per heavy atom. The average Bonchev–Trinajstić information content (AvgIpc) is 2.17. The maximum atomic E-state index is 5.08. The molecule has 3 heteroatoms. The van der Waals surface area contributed by atoms with Crippen LogP contribution < -0.4 is 3.79 Å². The van der Waals surface area contributed by atoms with E-state index in [1.54, 1.807) is 6.20 Å². The Balaban J connectivity index is 2.79. The van der Waals surface area contributed by atoms with E-state index in [0.717, 1.165) is 16.7 Å². The lowest BCUT2D eigenvalue weighted by Crippen LogP contribution is -1.87. The molecule has 0 aliphatic rings. The second-order valence-electron chi connectivity index (χ2n) is 2.45. The fourth-order valence-corrected chi connectivity index (χ4v) is 1.36. The van der Waals surface area contributed by atoms with Crippen LogP contribution in [0.5, 0.6) is 5.75 Å². The van der Waals surface area contributed by atoms with Crippen molar-refractivity contribution in [3.8, 4) is 5.75 Å². The summed E-state index contributed by atoms with van der Waals surface area (Å²) in [5, 5.41) is 1.09. The molecule has 0 spiro atoms. The first-order valence-corrected chi connectivity index (χ1v) is 4.09. The molecular formula is C9H6AlNO-. The summed E-state index contributed by atoms with van der Waals surface area (Å²) in [6.07, 6.45) is 1.76. The molecule has 0 saturated carbocycles. The van der Waals surface area contributed by atoms with Crippen LogP contribution in [0.1, 0.15) is 0 Å². The number of hydrogen-bond acceptors (Lipinski definition) is 2. The molecule has 0 fully saturated rings. The molecule has 12 heavy (non-hydrogen) atoms. The monoisotopic (exact) mass is 171 g/mol. The highest BCUT2D eigenvalue weighted by Gasteiger charge is 1.94. The highest BCUT2D eigenvalue weighted by atomic mass is 27.1. The first-order valence-electron chi connectivity index (χ1n) is 3.62. The minimum absolute atomic E-state index is 0.790. The largest absolute Gasteiger partial charge is 0.877 e. The molecule has 3 radical (unpaired) electrons. The fraction of sp³-hybridized carbons (Fsp3) is 0. The third-order valence-electron chi connectivity index (χ3n) is 1.72. The van der Waals surface area contributed by atoms with E-state index in [1.807, 2.05) is 30.3 Å². The second kappa shape index (κ2) is 3.14. The maximum absolute atomic E-state index is 5.08. The Morgan fingerprint density at radius 3 is 2.83 bits per heavy atom. The SMILES string of the molecule is [Al-][O]c1cccc2cccnc12. The topological polar surface area (TPSA) is 22.1 Å². The number of fused-ring (bicyclic) bond motifs is 1. The quantitative estimate of drug-likeness (QED) is 0.609. The number of rotatable bonds is 1. The lowest BCUT2D eigenvalue weighted by Gasteiger charge is -2.17. The zero-order valence-electron chi connectivity index (χ0n) is 6.40. The summed E-state index contributed by atoms with van der Waals surface area (Å²) in [5.74, 6) is 0.790. The van der Waals surface area contributed by atoms with Crippen LogP contribution in [-0.2, 0) is 0 Å². The minimum Gasteiger partial charge on any atom is -0.877 e. The number of nitrogens with zero attached hydrogens (tertiary/aromatic N) is 1. The Bertz CT molecular complexity index is 397. The Labute approximate surface area is 78.9 Å². The molecule has 0 aliphatic heterocycles. The molecule has 1 aromatic carbocycles. The van der Waals surface area contributed by atoms with Crippen molar-refractivity contribution >= 4 is 27.5 Å². The molecule has 0 N–H and O–H groups in total. The smallest absolute Gasteiger partial charge is 0.106 e. The number of pyridine rings is 1. The molecule has 0 saturated heterocycles. The van der Waals surface area contributed by atoms with Crippen molar-refractivity contribution in [3.05, 3.63) is 36.5 Å². The predicted molar refractivity (Wildman–Crippen MR) is 48.1 cm³/mol. The zero-order valence-corrected chi connectivity index (χ0v) is 7.55. The van der Waals surface area contributed by atoms with Crippen molar-refractivity contribution in [2.45, 2.75) is 0 Å². The van der Waals surface area contributed by atoms with Gasteiger partial charge in [0, 0.05) is 11.6 Å². The van der Waals surface area contributed by atoms with Gasteiger partial charge in [-0.15, -0.1) is 0 Å². The third kappa shape index (κ3) is 1.18. The minimum atomic E-state index is 0.790. The predicted octanol–water partition coefficient (Wildman–Crippen LogP) is 1.70. The van der Waals surface area contributed by atoms with Crippen molar-refractivity contribution in [2.75, 3.05) is 0 Å². The summed E-state index contributed by atoms with van der Waals surface area (Å²) in [6, 6.07) is 9.77. The van der Waals surface area contributed by atoms with Gasteiger partial charge in [0.15, 0.2) is 0 Å². The highest BCUT2D eigenvalue weighted by Crippen LogP contribution is 2.21. The number of hydrogen-bond donors (Lipinski definition) is 0. The third-order valence-corrected chi connectivity index (χ3v) is 1.98. The molecular weight excluding hydrogens is 165 g/mol. The van der Waals surface area contributed by atoms with Crippen LogP contribution in [0.25, 0.3) is 10.9 Å². The number of para-hydroxylation sites is 1. The molecule has 57 valence electrons. The van der Waals surface area contributed by atoms with Crippen LogP contribution >= 0.6 is 0 Å². The van der Waals surface area contributed by atoms with Gasteiger partial charge in [-0.05, 0) is 12.1 Å².